The van der Waals surface area contributed by atoms with Crippen LogP contribution in [-0.2, 0) is 17.8 Å². The summed E-state index contributed by atoms with van der Waals surface area (Å²) in [4.78, 5) is 26.4. The van der Waals surface area contributed by atoms with Crippen LogP contribution in [0.3, 0.4) is 0 Å². The number of hydrogen-bond donors (Lipinski definition) is 0. The number of amides is 1. The Morgan fingerprint density at radius 1 is 0.824 bits per heavy atom. The van der Waals surface area contributed by atoms with E-state index in [1.165, 1.54) is 5.56 Å². The van der Waals surface area contributed by atoms with Gasteiger partial charge in [-0.3, -0.25) is 4.79 Å². The maximum absolute atomic E-state index is 13.3. The van der Waals surface area contributed by atoms with Gasteiger partial charge in [-0.25, -0.2) is 0 Å². The van der Waals surface area contributed by atoms with E-state index in [1.807, 2.05) is 23.1 Å². The quantitative estimate of drug-likeness (QED) is 0.456. The van der Waals surface area contributed by atoms with Gasteiger partial charge in [0.15, 0.2) is 0 Å². The molecule has 0 aromatic heterocycles. The minimum atomic E-state index is -1.17. The van der Waals surface area contributed by atoms with E-state index in [4.69, 9.17) is 0 Å². The third-order valence-electron chi connectivity index (χ3n) is 6.51. The van der Waals surface area contributed by atoms with Crippen LogP contribution in [0.25, 0.3) is 11.1 Å². The minimum absolute atomic E-state index is 0. The van der Waals surface area contributed by atoms with Crippen molar-refractivity contribution in [3.63, 3.8) is 0 Å². The fraction of sp³-hybridized carbons (Fsp3) is 0.310. The van der Waals surface area contributed by atoms with Gasteiger partial charge in [-0.05, 0) is 59.6 Å². The van der Waals surface area contributed by atoms with Crippen LogP contribution in [0.5, 0.6) is 0 Å². The molecule has 0 N–H and O–H groups in total. The molecule has 0 bridgehead atoms. The molecule has 0 unspecified atom stereocenters. The first-order valence-corrected chi connectivity index (χ1v) is 11.8. The van der Waals surface area contributed by atoms with E-state index < -0.39 is 5.97 Å². The van der Waals surface area contributed by atoms with Crippen molar-refractivity contribution in [3.05, 3.63) is 95.6 Å². The molecule has 1 aliphatic rings. The molecule has 4 nitrogen and oxygen atoms in total. The minimum Gasteiger partial charge on any atom is -0.545 e. The zero-order valence-corrected chi connectivity index (χ0v) is 21.9. The van der Waals surface area contributed by atoms with Crippen molar-refractivity contribution in [1.29, 1.82) is 0 Å². The van der Waals surface area contributed by atoms with Crippen molar-refractivity contribution >= 4 is 11.9 Å². The monoisotopic (exact) mass is 463 g/mol. The van der Waals surface area contributed by atoms with Crippen LogP contribution in [0.4, 0.5) is 0 Å². The Morgan fingerprint density at radius 2 is 1.50 bits per heavy atom. The Bertz CT molecular complexity index is 1080. The fourth-order valence-electron chi connectivity index (χ4n) is 4.69. The van der Waals surface area contributed by atoms with Gasteiger partial charge in [0.1, 0.15) is 0 Å². The maximum Gasteiger partial charge on any atom is 1.00 e. The van der Waals surface area contributed by atoms with E-state index in [2.05, 4.69) is 36.4 Å². The van der Waals surface area contributed by atoms with Crippen molar-refractivity contribution in [2.45, 2.75) is 45.1 Å². The van der Waals surface area contributed by atoms with Gasteiger partial charge in [0.2, 0.25) is 5.91 Å². The first kappa shape index (κ1) is 26.2. The second-order valence-electron chi connectivity index (χ2n) is 8.90. The van der Waals surface area contributed by atoms with Crippen molar-refractivity contribution in [1.82, 2.24) is 4.90 Å². The van der Waals surface area contributed by atoms with Crippen LogP contribution in [0.1, 0.15) is 53.6 Å². The van der Waals surface area contributed by atoms with Gasteiger partial charge in [0, 0.05) is 19.0 Å². The molecule has 0 atom stereocenters. The van der Waals surface area contributed by atoms with Gasteiger partial charge >= 0.3 is 29.6 Å². The van der Waals surface area contributed by atoms with E-state index in [9.17, 15) is 14.7 Å². The Hall–Kier alpha value is -2.40. The molecule has 1 fully saturated rings. The Morgan fingerprint density at radius 3 is 2.18 bits per heavy atom. The molecule has 0 radical (unpaired) electrons. The molecule has 3 aromatic carbocycles. The molecular formula is C29H30NNaO3. The van der Waals surface area contributed by atoms with Crippen molar-refractivity contribution in [2.24, 2.45) is 5.92 Å². The van der Waals surface area contributed by atoms with E-state index in [1.54, 1.807) is 24.3 Å². The average molecular weight is 464 g/mol. The topological polar surface area (TPSA) is 60.4 Å². The van der Waals surface area contributed by atoms with Crippen LogP contribution in [0.2, 0.25) is 0 Å². The largest absolute Gasteiger partial charge is 1.00 e. The van der Waals surface area contributed by atoms with Gasteiger partial charge in [-0.15, -0.1) is 0 Å². The maximum atomic E-state index is 13.3. The van der Waals surface area contributed by atoms with Gasteiger partial charge < -0.3 is 14.8 Å². The van der Waals surface area contributed by atoms with Crippen LogP contribution in [0.15, 0.2) is 78.9 Å². The summed E-state index contributed by atoms with van der Waals surface area (Å²) in [6.07, 6.45) is 6.18. The number of rotatable bonds is 9. The predicted octanol–water partition coefficient (Wildman–Crippen LogP) is 1.87. The second-order valence-corrected chi connectivity index (χ2v) is 8.90. The molecule has 1 saturated carbocycles. The number of nitrogens with zero attached hydrogens (tertiary/aromatic N) is 1. The van der Waals surface area contributed by atoms with Gasteiger partial charge in [-0.1, -0.05) is 85.6 Å². The van der Waals surface area contributed by atoms with Crippen LogP contribution >= 0.6 is 0 Å². The summed E-state index contributed by atoms with van der Waals surface area (Å²) in [5, 5.41) is 11.0. The molecule has 0 spiro atoms. The molecule has 34 heavy (non-hydrogen) atoms. The summed E-state index contributed by atoms with van der Waals surface area (Å²) in [6, 6.07) is 25.3. The zero-order chi connectivity index (χ0) is 23.0. The second kappa shape index (κ2) is 12.9. The van der Waals surface area contributed by atoms with Gasteiger partial charge in [-0.2, -0.15) is 0 Å². The molecule has 3 aromatic rings. The van der Waals surface area contributed by atoms with Crippen LogP contribution in [0, 0.1) is 5.92 Å². The first-order valence-electron chi connectivity index (χ1n) is 11.8. The molecule has 0 saturated heterocycles. The summed E-state index contributed by atoms with van der Waals surface area (Å²) in [5.74, 6) is -0.738. The molecule has 0 aliphatic heterocycles. The SMILES string of the molecule is O=C([O-])c1ccc(-c2cccc(CN(CCCc3ccccc3)C(=O)C3CCCC3)c2)cc1.[Na+]. The number of benzene rings is 3. The molecule has 5 heteroatoms. The first-order chi connectivity index (χ1) is 16.1. The Labute approximate surface area is 224 Å². The van der Waals surface area contributed by atoms with Crippen molar-refractivity contribution in [2.75, 3.05) is 6.54 Å². The number of carboxylic acids is 1. The number of carbonyl (C=O) groups is 2. The smallest absolute Gasteiger partial charge is 0.545 e. The summed E-state index contributed by atoms with van der Waals surface area (Å²) in [6.45, 7) is 1.34. The van der Waals surface area contributed by atoms with E-state index in [0.29, 0.717) is 6.54 Å². The van der Waals surface area contributed by atoms with Crippen molar-refractivity contribution < 1.29 is 44.3 Å². The van der Waals surface area contributed by atoms with Crippen molar-refractivity contribution in [3.8, 4) is 11.1 Å². The van der Waals surface area contributed by atoms with Gasteiger partial charge in [0.25, 0.3) is 0 Å². The molecule has 1 amide bonds. The Kier molecular flexibility index (Phi) is 9.94. The normalized spacial score (nSPS) is 13.3. The standard InChI is InChI=1S/C29H31NO3.Na/c31-28(25-12-4-5-13-25)30(19-7-11-22-8-2-1-3-9-22)21-23-10-6-14-27(20-23)24-15-17-26(18-16-24)29(32)33;/h1-3,6,8-10,14-18,20,25H,4-5,7,11-13,19,21H2,(H,32,33);/q;+1/p-1. The molecule has 0 heterocycles. The molecule has 4 rings (SSSR count). The summed E-state index contributed by atoms with van der Waals surface area (Å²) < 4.78 is 0. The predicted molar refractivity (Wildman–Crippen MR) is 128 cm³/mol. The summed E-state index contributed by atoms with van der Waals surface area (Å²) in [5.41, 5.74) is 4.51. The number of aromatic carboxylic acids is 1. The van der Waals surface area contributed by atoms with E-state index in [0.717, 1.165) is 61.8 Å². The Balaban J connectivity index is 0.00000324. The van der Waals surface area contributed by atoms with Crippen LogP contribution < -0.4 is 34.7 Å². The number of carbonyl (C=O) groups excluding carboxylic acids is 2. The average Bonchev–Trinajstić information content (AvgIpc) is 3.39. The summed E-state index contributed by atoms with van der Waals surface area (Å²) >= 11 is 0. The molecule has 1 aliphatic carbocycles. The molecule has 170 valence electrons. The zero-order valence-electron chi connectivity index (χ0n) is 19.9. The number of carboxylic acid groups (broad SMARTS) is 1. The number of aryl methyl sites for hydroxylation is 1. The third-order valence-corrected chi connectivity index (χ3v) is 6.51. The van der Waals surface area contributed by atoms with E-state index in [-0.39, 0.29) is 46.9 Å². The third kappa shape index (κ3) is 7.05. The van der Waals surface area contributed by atoms with Crippen LogP contribution in [-0.4, -0.2) is 23.3 Å². The fourth-order valence-corrected chi connectivity index (χ4v) is 4.69. The summed E-state index contributed by atoms with van der Waals surface area (Å²) in [7, 11) is 0. The molecular weight excluding hydrogens is 433 g/mol. The van der Waals surface area contributed by atoms with Gasteiger partial charge in [0.05, 0.1) is 5.97 Å². The van der Waals surface area contributed by atoms with E-state index >= 15 is 0 Å². The number of hydrogen-bond acceptors (Lipinski definition) is 3.